The van der Waals surface area contributed by atoms with E-state index in [1.807, 2.05) is 13.8 Å². The number of hydrogen-bond donors (Lipinski definition) is 3. The van der Waals surface area contributed by atoms with Gasteiger partial charge in [0.05, 0.1) is 24.8 Å². The number of benzene rings is 1. The fourth-order valence-electron chi connectivity index (χ4n) is 2.98. The Labute approximate surface area is 177 Å². The number of carbonyl (C=O) groups is 4. The molecule has 0 fully saturated rings. The van der Waals surface area contributed by atoms with E-state index in [2.05, 4.69) is 20.9 Å². The molecule has 0 saturated heterocycles. The zero-order valence-electron chi connectivity index (χ0n) is 16.8. The Hall–Kier alpha value is -3.27. The SMILES string of the molecule is COC(=O)c1nc(NC(=O)CC2NC(=O)c3ccccc3NC2=O)sc1CC(C)C. The van der Waals surface area contributed by atoms with Gasteiger partial charge < -0.3 is 20.7 Å². The minimum Gasteiger partial charge on any atom is -0.464 e. The second kappa shape index (κ2) is 9.04. The van der Waals surface area contributed by atoms with Crippen LogP contribution in [0.5, 0.6) is 0 Å². The van der Waals surface area contributed by atoms with E-state index in [9.17, 15) is 19.2 Å². The van der Waals surface area contributed by atoms with E-state index >= 15 is 0 Å². The zero-order valence-corrected chi connectivity index (χ0v) is 17.6. The molecule has 30 heavy (non-hydrogen) atoms. The standard InChI is InChI=1S/C20H22N4O5S/c1-10(2)8-14-16(19(28)29-3)24-20(30-14)23-15(25)9-13-18(27)21-12-7-5-4-6-11(12)17(26)22-13/h4-7,10,13H,8-9H2,1-3H3,(H,21,27)(H,22,26)(H,23,24,25). The highest BCUT2D eigenvalue weighted by atomic mass is 32.1. The summed E-state index contributed by atoms with van der Waals surface area (Å²) < 4.78 is 4.76. The third kappa shape index (κ3) is 4.82. The Balaban J connectivity index is 1.71. The van der Waals surface area contributed by atoms with Crippen LogP contribution in [-0.4, -0.2) is 41.8 Å². The van der Waals surface area contributed by atoms with Crippen molar-refractivity contribution in [2.24, 2.45) is 5.92 Å². The normalized spacial score (nSPS) is 15.7. The van der Waals surface area contributed by atoms with Crippen molar-refractivity contribution in [2.75, 3.05) is 17.7 Å². The highest BCUT2D eigenvalue weighted by Gasteiger charge is 2.30. The number of nitrogens with one attached hydrogen (secondary N) is 3. The van der Waals surface area contributed by atoms with Gasteiger partial charge in [0.25, 0.3) is 5.91 Å². The Morgan fingerprint density at radius 2 is 2.00 bits per heavy atom. The number of amides is 3. The molecule has 1 aliphatic heterocycles. The van der Waals surface area contributed by atoms with E-state index in [1.165, 1.54) is 18.4 Å². The summed E-state index contributed by atoms with van der Waals surface area (Å²) in [6, 6.07) is 5.56. The van der Waals surface area contributed by atoms with Gasteiger partial charge in [-0.1, -0.05) is 26.0 Å². The Kier molecular flexibility index (Phi) is 6.46. The number of aromatic nitrogens is 1. The molecule has 3 N–H and O–H groups in total. The van der Waals surface area contributed by atoms with Gasteiger partial charge in [0, 0.05) is 4.88 Å². The molecule has 2 heterocycles. The van der Waals surface area contributed by atoms with Crippen molar-refractivity contribution in [3.05, 3.63) is 40.4 Å². The van der Waals surface area contributed by atoms with Crippen LogP contribution in [0, 0.1) is 5.92 Å². The summed E-state index contributed by atoms with van der Waals surface area (Å²) >= 11 is 1.19. The zero-order chi connectivity index (χ0) is 21.8. The minimum absolute atomic E-state index is 0.169. The molecular weight excluding hydrogens is 408 g/mol. The number of rotatable bonds is 6. The molecule has 0 aliphatic carbocycles. The van der Waals surface area contributed by atoms with Gasteiger partial charge in [-0.25, -0.2) is 9.78 Å². The number of esters is 1. The predicted octanol–water partition coefficient (Wildman–Crippen LogP) is 2.21. The third-order valence-corrected chi connectivity index (χ3v) is 5.35. The average Bonchev–Trinajstić information content (AvgIpc) is 3.02. The van der Waals surface area contributed by atoms with Gasteiger partial charge in [0.1, 0.15) is 6.04 Å². The van der Waals surface area contributed by atoms with Gasteiger partial charge in [-0.3, -0.25) is 14.4 Å². The van der Waals surface area contributed by atoms with E-state index in [4.69, 9.17) is 4.74 Å². The van der Waals surface area contributed by atoms with Gasteiger partial charge in [-0.15, -0.1) is 11.3 Å². The number of nitrogens with zero attached hydrogens (tertiary/aromatic N) is 1. The highest BCUT2D eigenvalue weighted by Crippen LogP contribution is 2.27. The van der Waals surface area contributed by atoms with E-state index in [-0.39, 0.29) is 23.2 Å². The lowest BCUT2D eigenvalue weighted by Crippen LogP contribution is -2.43. The monoisotopic (exact) mass is 430 g/mol. The number of para-hydroxylation sites is 1. The average molecular weight is 430 g/mol. The van der Waals surface area contributed by atoms with Crippen LogP contribution in [-0.2, 0) is 20.7 Å². The number of ether oxygens (including phenoxy) is 1. The van der Waals surface area contributed by atoms with E-state index < -0.39 is 29.7 Å². The summed E-state index contributed by atoms with van der Waals surface area (Å²) in [6.45, 7) is 4.01. The largest absolute Gasteiger partial charge is 0.464 e. The molecule has 1 aliphatic rings. The second-order valence-electron chi connectivity index (χ2n) is 7.19. The Morgan fingerprint density at radius 3 is 2.70 bits per heavy atom. The van der Waals surface area contributed by atoms with Crippen LogP contribution in [0.2, 0.25) is 0 Å². The van der Waals surface area contributed by atoms with Crippen LogP contribution in [0.15, 0.2) is 24.3 Å². The van der Waals surface area contributed by atoms with Gasteiger partial charge in [-0.05, 0) is 24.5 Å². The van der Waals surface area contributed by atoms with Crippen molar-refractivity contribution in [3.8, 4) is 0 Å². The van der Waals surface area contributed by atoms with Crippen LogP contribution < -0.4 is 16.0 Å². The maximum Gasteiger partial charge on any atom is 0.357 e. The lowest BCUT2D eigenvalue weighted by molar-refractivity contribution is -0.122. The minimum atomic E-state index is -1.04. The van der Waals surface area contributed by atoms with Crippen LogP contribution in [0.1, 0.15) is 46.0 Å². The van der Waals surface area contributed by atoms with Crippen molar-refractivity contribution in [3.63, 3.8) is 0 Å². The van der Waals surface area contributed by atoms with E-state index in [0.29, 0.717) is 22.5 Å². The van der Waals surface area contributed by atoms with Gasteiger partial charge >= 0.3 is 5.97 Å². The molecule has 1 aromatic heterocycles. The third-order valence-electron chi connectivity index (χ3n) is 4.36. The van der Waals surface area contributed by atoms with Crippen molar-refractivity contribution >= 4 is 45.8 Å². The number of thiazole rings is 1. The number of anilines is 2. The van der Waals surface area contributed by atoms with Gasteiger partial charge in [-0.2, -0.15) is 0 Å². The van der Waals surface area contributed by atoms with Crippen molar-refractivity contribution in [2.45, 2.75) is 32.7 Å². The molecule has 9 nitrogen and oxygen atoms in total. The maximum atomic E-state index is 12.5. The predicted molar refractivity (Wildman–Crippen MR) is 112 cm³/mol. The smallest absolute Gasteiger partial charge is 0.357 e. The van der Waals surface area contributed by atoms with Crippen LogP contribution in [0.4, 0.5) is 10.8 Å². The van der Waals surface area contributed by atoms with Crippen LogP contribution in [0.25, 0.3) is 0 Å². The summed E-state index contributed by atoms with van der Waals surface area (Å²) in [5.41, 5.74) is 0.890. The first-order chi connectivity index (χ1) is 14.3. The lowest BCUT2D eigenvalue weighted by Gasteiger charge is -2.13. The number of methoxy groups -OCH3 is 1. The maximum absolute atomic E-state index is 12.5. The number of fused-ring (bicyclic) bond motifs is 1. The van der Waals surface area contributed by atoms with Gasteiger partial charge in [0.2, 0.25) is 11.8 Å². The molecule has 2 aromatic rings. The molecular formula is C20H22N4O5S. The molecule has 3 rings (SSSR count). The quantitative estimate of drug-likeness (QED) is 0.603. The van der Waals surface area contributed by atoms with Crippen molar-refractivity contribution in [1.82, 2.24) is 10.3 Å². The molecule has 1 unspecified atom stereocenters. The summed E-state index contributed by atoms with van der Waals surface area (Å²) in [5, 5.41) is 8.07. The topological polar surface area (TPSA) is 126 Å². The van der Waals surface area contributed by atoms with Crippen LogP contribution >= 0.6 is 11.3 Å². The van der Waals surface area contributed by atoms with E-state index in [0.717, 1.165) is 0 Å². The molecule has 158 valence electrons. The fourth-order valence-corrected chi connectivity index (χ4v) is 4.16. The summed E-state index contributed by atoms with van der Waals surface area (Å²) in [6.07, 6.45) is 0.329. The molecule has 1 aromatic carbocycles. The molecule has 10 heteroatoms. The highest BCUT2D eigenvalue weighted by molar-refractivity contribution is 7.16. The Bertz CT molecular complexity index is 1000. The fraction of sp³-hybridized carbons (Fsp3) is 0.350. The summed E-state index contributed by atoms with van der Waals surface area (Å²) in [4.78, 5) is 54.2. The summed E-state index contributed by atoms with van der Waals surface area (Å²) in [5.74, 6) is -1.73. The molecule has 0 radical (unpaired) electrons. The lowest BCUT2D eigenvalue weighted by atomic mass is 10.1. The van der Waals surface area contributed by atoms with Crippen LogP contribution in [0.3, 0.4) is 0 Å². The molecule has 1 atom stereocenters. The molecule has 0 bridgehead atoms. The van der Waals surface area contributed by atoms with Crippen molar-refractivity contribution in [1.29, 1.82) is 0 Å². The summed E-state index contributed by atoms with van der Waals surface area (Å²) in [7, 11) is 1.27. The van der Waals surface area contributed by atoms with Gasteiger partial charge in [0.15, 0.2) is 10.8 Å². The number of hydrogen-bond acceptors (Lipinski definition) is 7. The second-order valence-corrected chi connectivity index (χ2v) is 8.28. The number of carbonyl (C=O) groups excluding carboxylic acids is 4. The molecule has 0 saturated carbocycles. The first-order valence-electron chi connectivity index (χ1n) is 9.37. The molecule has 3 amide bonds. The van der Waals surface area contributed by atoms with E-state index in [1.54, 1.807) is 24.3 Å². The first kappa shape index (κ1) is 21.4. The Morgan fingerprint density at radius 1 is 1.27 bits per heavy atom. The van der Waals surface area contributed by atoms with Crippen molar-refractivity contribution < 1.29 is 23.9 Å². The molecule has 0 spiro atoms. The first-order valence-corrected chi connectivity index (χ1v) is 10.2.